The van der Waals surface area contributed by atoms with E-state index < -0.39 is 17.7 Å². The lowest BCUT2D eigenvalue weighted by Crippen LogP contribution is -2.30. The molecular weight excluding hydrogens is 241 g/mol. The molecule has 0 aromatic heterocycles. The summed E-state index contributed by atoms with van der Waals surface area (Å²) >= 11 is 0. The molecule has 1 amide bonds. The molecular formula is C12H14FNO4. The zero-order chi connectivity index (χ0) is 13.7. The first-order valence-corrected chi connectivity index (χ1v) is 5.24. The van der Waals surface area contributed by atoms with E-state index in [1.807, 2.05) is 0 Å². The van der Waals surface area contributed by atoms with E-state index in [4.69, 9.17) is 9.84 Å². The van der Waals surface area contributed by atoms with Gasteiger partial charge in [0.15, 0.2) is 0 Å². The van der Waals surface area contributed by atoms with Gasteiger partial charge in [-0.1, -0.05) is 0 Å². The predicted molar refractivity (Wildman–Crippen MR) is 62.2 cm³/mol. The van der Waals surface area contributed by atoms with Crippen LogP contribution in [0.2, 0.25) is 0 Å². The zero-order valence-corrected chi connectivity index (χ0v) is 10.1. The van der Waals surface area contributed by atoms with E-state index in [2.05, 4.69) is 0 Å². The Morgan fingerprint density at radius 3 is 2.61 bits per heavy atom. The molecule has 0 aliphatic rings. The monoisotopic (exact) mass is 255 g/mol. The number of nitrogens with zero attached hydrogens (tertiary/aromatic N) is 1. The van der Waals surface area contributed by atoms with E-state index in [-0.39, 0.29) is 11.1 Å². The number of halogens is 1. The van der Waals surface area contributed by atoms with Crippen LogP contribution < -0.4 is 0 Å². The van der Waals surface area contributed by atoms with Gasteiger partial charge in [-0.3, -0.25) is 4.79 Å². The molecule has 1 aromatic carbocycles. The highest BCUT2D eigenvalue weighted by Gasteiger charge is 2.17. The van der Waals surface area contributed by atoms with E-state index in [1.54, 1.807) is 0 Å². The summed E-state index contributed by atoms with van der Waals surface area (Å²) in [5.41, 5.74) is -0.345. The predicted octanol–water partition coefficient (Wildman–Crippen LogP) is 1.24. The number of carboxylic acid groups (broad SMARTS) is 1. The second-order valence-electron chi connectivity index (χ2n) is 3.72. The zero-order valence-electron chi connectivity index (χ0n) is 10.1. The molecule has 0 aliphatic heterocycles. The Balaban J connectivity index is 2.89. The topological polar surface area (TPSA) is 66.8 Å². The second kappa shape index (κ2) is 6.11. The fraction of sp³-hybridized carbons (Fsp3) is 0.333. The average molecular weight is 255 g/mol. The van der Waals surface area contributed by atoms with Gasteiger partial charge < -0.3 is 14.7 Å². The lowest BCUT2D eigenvalue weighted by Gasteiger charge is -2.17. The molecule has 0 aliphatic carbocycles. The molecule has 0 spiro atoms. The van der Waals surface area contributed by atoms with Gasteiger partial charge in [-0.05, 0) is 18.2 Å². The summed E-state index contributed by atoms with van der Waals surface area (Å²) in [7, 11) is 3.02. The number of amides is 1. The fourth-order valence-corrected chi connectivity index (χ4v) is 1.36. The third-order valence-corrected chi connectivity index (χ3v) is 2.42. The van der Waals surface area contributed by atoms with Crippen LogP contribution in [0, 0.1) is 5.82 Å². The minimum absolute atomic E-state index is 0.154. The molecule has 0 fully saturated rings. The number of methoxy groups -OCH3 is 1. The van der Waals surface area contributed by atoms with Crippen LogP contribution in [0.1, 0.15) is 20.7 Å². The SMILES string of the molecule is COCCN(C)C(=O)c1ccc(C(=O)O)cc1F. The number of hydrogen-bond donors (Lipinski definition) is 1. The van der Waals surface area contributed by atoms with Crippen molar-refractivity contribution in [2.24, 2.45) is 0 Å². The lowest BCUT2D eigenvalue weighted by atomic mass is 10.1. The fourth-order valence-electron chi connectivity index (χ4n) is 1.36. The Kier molecular flexibility index (Phi) is 4.79. The van der Waals surface area contributed by atoms with Crippen LogP contribution in [0.25, 0.3) is 0 Å². The first kappa shape index (κ1) is 14.1. The third-order valence-electron chi connectivity index (χ3n) is 2.42. The summed E-state index contributed by atoms with van der Waals surface area (Å²) < 4.78 is 18.4. The highest BCUT2D eigenvalue weighted by molar-refractivity contribution is 5.96. The van der Waals surface area contributed by atoms with Gasteiger partial charge in [0.25, 0.3) is 5.91 Å². The molecule has 0 saturated carbocycles. The van der Waals surface area contributed by atoms with E-state index >= 15 is 0 Å². The van der Waals surface area contributed by atoms with Crippen molar-refractivity contribution < 1.29 is 23.8 Å². The molecule has 5 nitrogen and oxygen atoms in total. The van der Waals surface area contributed by atoms with Gasteiger partial charge in [-0.2, -0.15) is 0 Å². The molecule has 0 heterocycles. The summed E-state index contributed by atoms with van der Waals surface area (Å²) in [6, 6.07) is 3.20. The Morgan fingerprint density at radius 2 is 2.11 bits per heavy atom. The van der Waals surface area contributed by atoms with Crippen molar-refractivity contribution in [3.05, 3.63) is 35.1 Å². The maximum Gasteiger partial charge on any atom is 0.335 e. The van der Waals surface area contributed by atoms with Crippen molar-refractivity contribution >= 4 is 11.9 Å². The summed E-state index contributed by atoms with van der Waals surface area (Å²) in [5, 5.41) is 8.69. The van der Waals surface area contributed by atoms with Crippen molar-refractivity contribution in [3.8, 4) is 0 Å². The lowest BCUT2D eigenvalue weighted by molar-refractivity contribution is 0.0692. The molecule has 0 bridgehead atoms. The molecule has 1 rings (SSSR count). The number of likely N-dealkylation sites (N-methyl/N-ethyl adjacent to an activating group) is 1. The Hall–Kier alpha value is -1.95. The van der Waals surface area contributed by atoms with E-state index in [0.717, 1.165) is 6.07 Å². The first-order valence-electron chi connectivity index (χ1n) is 5.24. The van der Waals surface area contributed by atoms with Gasteiger partial charge in [0, 0.05) is 20.7 Å². The molecule has 98 valence electrons. The number of carboxylic acids is 1. The van der Waals surface area contributed by atoms with Crippen molar-refractivity contribution in [1.29, 1.82) is 0 Å². The van der Waals surface area contributed by atoms with Gasteiger partial charge in [-0.15, -0.1) is 0 Å². The van der Waals surface area contributed by atoms with Crippen LogP contribution in [0.15, 0.2) is 18.2 Å². The summed E-state index contributed by atoms with van der Waals surface area (Å²) in [6.07, 6.45) is 0. The molecule has 0 saturated heterocycles. The number of carbonyl (C=O) groups excluding carboxylic acids is 1. The van der Waals surface area contributed by atoms with E-state index in [9.17, 15) is 14.0 Å². The van der Waals surface area contributed by atoms with E-state index in [0.29, 0.717) is 13.2 Å². The minimum Gasteiger partial charge on any atom is -0.478 e. The van der Waals surface area contributed by atoms with E-state index in [1.165, 1.54) is 31.2 Å². The number of aromatic carboxylic acids is 1. The van der Waals surface area contributed by atoms with Crippen LogP contribution in [0.4, 0.5) is 4.39 Å². The number of rotatable bonds is 5. The smallest absolute Gasteiger partial charge is 0.335 e. The van der Waals surface area contributed by atoms with Gasteiger partial charge >= 0.3 is 5.97 Å². The third kappa shape index (κ3) is 3.27. The minimum atomic E-state index is -1.24. The molecule has 18 heavy (non-hydrogen) atoms. The normalized spacial score (nSPS) is 10.2. The van der Waals surface area contributed by atoms with Gasteiger partial charge in [0.2, 0.25) is 0 Å². The maximum atomic E-state index is 13.6. The van der Waals surface area contributed by atoms with Crippen LogP contribution >= 0.6 is 0 Å². The Labute approximate surface area is 104 Å². The highest BCUT2D eigenvalue weighted by atomic mass is 19.1. The standard InChI is InChI=1S/C12H14FNO4/c1-14(5-6-18-2)11(15)9-4-3-8(12(16)17)7-10(9)13/h3-4,7H,5-6H2,1-2H3,(H,16,17). The molecule has 1 aromatic rings. The van der Waals surface area contributed by atoms with Crippen LogP contribution in [0.3, 0.4) is 0 Å². The van der Waals surface area contributed by atoms with Crippen molar-refractivity contribution in [2.75, 3.05) is 27.3 Å². The first-order chi connectivity index (χ1) is 8.47. The largest absolute Gasteiger partial charge is 0.478 e. The molecule has 0 unspecified atom stereocenters. The number of ether oxygens (including phenoxy) is 1. The molecule has 1 N–H and O–H groups in total. The maximum absolute atomic E-state index is 13.6. The highest BCUT2D eigenvalue weighted by Crippen LogP contribution is 2.12. The average Bonchev–Trinajstić information content (AvgIpc) is 2.34. The van der Waals surface area contributed by atoms with Gasteiger partial charge in [0.1, 0.15) is 5.82 Å². The van der Waals surface area contributed by atoms with Crippen molar-refractivity contribution in [2.45, 2.75) is 0 Å². The Bertz CT molecular complexity index is 461. The van der Waals surface area contributed by atoms with Crippen molar-refractivity contribution in [1.82, 2.24) is 4.90 Å². The molecule has 0 radical (unpaired) electrons. The quantitative estimate of drug-likeness (QED) is 0.859. The molecule has 0 atom stereocenters. The summed E-state index contributed by atoms with van der Waals surface area (Å²) in [5.74, 6) is -2.59. The van der Waals surface area contributed by atoms with Crippen LogP contribution in [-0.4, -0.2) is 49.2 Å². The van der Waals surface area contributed by atoms with Crippen molar-refractivity contribution in [3.63, 3.8) is 0 Å². The van der Waals surface area contributed by atoms with Crippen LogP contribution in [0.5, 0.6) is 0 Å². The van der Waals surface area contributed by atoms with Crippen LogP contribution in [-0.2, 0) is 4.74 Å². The number of benzene rings is 1. The van der Waals surface area contributed by atoms with Gasteiger partial charge in [0.05, 0.1) is 17.7 Å². The van der Waals surface area contributed by atoms with Gasteiger partial charge in [-0.25, -0.2) is 9.18 Å². The number of carbonyl (C=O) groups is 2. The second-order valence-corrected chi connectivity index (χ2v) is 3.72. The number of hydrogen-bond acceptors (Lipinski definition) is 3. The summed E-state index contributed by atoms with van der Waals surface area (Å²) in [4.78, 5) is 23.8. The Morgan fingerprint density at radius 1 is 1.44 bits per heavy atom. The summed E-state index contributed by atoms with van der Waals surface area (Å²) in [6.45, 7) is 0.673. The molecule has 6 heteroatoms.